The molecule has 1 heterocycles. The van der Waals surface area contributed by atoms with E-state index in [4.69, 9.17) is 27.9 Å². The number of carbonyl (C=O) groups excluding carboxylic acids is 1. The van der Waals surface area contributed by atoms with Crippen LogP contribution in [0.1, 0.15) is 10.4 Å². The van der Waals surface area contributed by atoms with Crippen LogP contribution in [0, 0.1) is 5.21 Å². The number of hydrogen-bond acceptors (Lipinski definition) is 4. The number of alkyl halides is 3. The van der Waals surface area contributed by atoms with Crippen molar-refractivity contribution in [2.45, 2.75) is 6.36 Å². The average molecular weight is 477 g/mol. The lowest BCUT2D eigenvalue weighted by molar-refractivity contribution is -0.604. The van der Waals surface area contributed by atoms with Gasteiger partial charge in [-0.15, -0.1) is 13.2 Å². The number of aromatic nitrogens is 1. The van der Waals surface area contributed by atoms with Crippen LogP contribution >= 0.6 is 23.2 Å². The van der Waals surface area contributed by atoms with Crippen molar-refractivity contribution in [1.29, 1.82) is 0 Å². The Morgan fingerprint density at radius 2 is 1.65 bits per heavy atom. The Morgan fingerprint density at radius 3 is 2.26 bits per heavy atom. The van der Waals surface area contributed by atoms with Crippen LogP contribution in [0.25, 0.3) is 0 Å². The predicted octanol–water partition coefficient (Wildman–Crippen LogP) is 4.75. The predicted molar refractivity (Wildman–Crippen MR) is 107 cm³/mol. The van der Waals surface area contributed by atoms with Gasteiger partial charge < -0.3 is 25.5 Å². The highest BCUT2D eigenvalue weighted by molar-refractivity contribution is 6.42. The molecule has 0 saturated carbocycles. The number of pyridine rings is 1. The lowest BCUT2D eigenvalue weighted by Crippen LogP contribution is -2.25. The third-order valence-electron chi connectivity index (χ3n) is 3.59. The SMILES string of the molecule is O.O=C(Nc1ccc[n+]([O-])c1)c1cc(Cl)c(Cl)cc1Oc1ccc(OC(F)(F)F)cc1. The van der Waals surface area contributed by atoms with Crippen LogP contribution < -0.4 is 19.5 Å². The van der Waals surface area contributed by atoms with Crippen molar-refractivity contribution < 1.29 is 37.6 Å². The van der Waals surface area contributed by atoms with Crippen molar-refractivity contribution in [3.8, 4) is 17.2 Å². The monoisotopic (exact) mass is 476 g/mol. The van der Waals surface area contributed by atoms with Gasteiger partial charge in [-0.05, 0) is 36.4 Å². The molecule has 164 valence electrons. The Kier molecular flexibility index (Phi) is 7.55. The van der Waals surface area contributed by atoms with Crippen molar-refractivity contribution in [1.82, 2.24) is 0 Å². The van der Waals surface area contributed by atoms with Gasteiger partial charge in [0.25, 0.3) is 5.91 Å². The molecule has 0 spiro atoms. The van der Waals surface area contributed by atoms with Crippen molar-refractivity contribution in [2.24, 2.45) is 0 Å². The first-order valence-corrected chi connectivity index (χ1v) is 8.89. The summed E-state index contributed by atoms with van der Waals surface area (Å²) in [5.74, 6) is -0.963. The van der Waals surface area contributed by atoms with Crippen LogP contribution in [-0.4, -0.2) is 17.7 Å². The number of nitrogens with zero attached hydrogens (tertiary/aromatic N) is 1. The lowest BCUT2D eigenvalue weighted by Gasteiger charge is -2.14. The molecule has 3 rings (SSSR count). The number of nitrogens with one attached hydrogen (secondary N) is 1. The van der Waals surface area contributed by atoms with Crippen molar-refractivity contribution in [3.05, 3.63) is 81.7 Å². The summed E-state index contributed by atoms with van der Waals surface area (Å²) in [7, 11) is 0. The molecule has 0 atom stereocenters. The summed E-state index contributed by atoms with van der Waals surface area (Å²) >= 11 is 12.0. The molecular weight excluding hydrogens is 464 g/mol. The number of carbonyl (C=O) groups is 1. The van der Waals surface area contributed by atoms with E-state index in [1.807, 2.05) is 0 Å². The molecule has 0 unspecified atom stereocenters. The van der Waals surface area contributed by atoms with E-state index in [-0.39, 0.29) is 38.3 Å². The summed E-state index contributed by atoms with van der Waals surface area (Å²) in [5, 5.41) is 14.0. The van der Waals surface area contributed by atoms with Gasteiger partial charge in [0.2, 0.25) is 6.20 Å². The third-order valence-corrected chi connectivity index (χ3v) is 4.31. The van der Waals surface area contributed by atoms with Crippen molar-refractivity contribution in [3.63, 3.8) is 0 Å². The maximum absolute atomic E-state index is 12.7. The molecule has 12 heteroatoms. The normalized spacial score (nSPS) is 10.7. The first-order chi connectivity index (χ1) is 14.1. The standard InChI is InChI=1S/C19H11Cl2F3N2O4.H2O/c20-15-8-14(18(27)25-11-2-1-7-26(28)10-11)17(9-16(15)21)29-12-3-5-13(6-4-12)30-19(22,23)24;/h1-10H,(H,25,27);1H2. The number of anilines is 1. The van der Waals surface area contributed by atoms with E-state index in [1.54, 1.807) is 0 Å². The summed E-state index contributed by atoms with van der Waals surface area (Å²) in [5.41, 5.74) is 0.212. The van der Waals surface area contributed by atoms with Crippen LogP contribution in [0.15, 0.2) is 60.9 Å². The highest BCUT2D eigenvalue weighted by atomic mass is 35.5. The summed E-state index contributed by atoms with van der Waals surface area (Å²) in [6, 6.07) is 10.1. The van der Waals surface area contributed by atoms with E-state index in [2.05, 4.69) is 10.1 Å². The maximum atomic E-state index is 12.7. The first kappa shape index (κ1) is 24.1. The lowest BCUT2D eigenvalue weighted by atomic mass is 10.1. The number of rotatable bonds is 5. The van der Waals surface area contributed by atoms with Gasteiger partial charge in [0.15, 0.2) is 6.20 Å². The molecule has 2 aromatic carbocycles. The van der Waals surface area contributed by atoms with Crippen LogP contribution in [0.4, 0.5) is 18.9 Å². The van der Waals surface area contributed by atoms with Crippen LogP contribution in [-0.2, 0) is 0 Å². The molecule has 0 radical (unpaired) electrons. The summed E-state index contributed by atoms with van der Waals surface area (Å²) in [6.45, 7) is 0. The molecule has 0 aliphatic rings. The molecule has 0 fully saturated rings. The number of ether oxygens (including phenoxy) is 2. The fraction of sp³-hybridized carbons (Fsp3) is 0.0526. The molecular formula is C19H13Cl2F3N2O5. The smallest absolute Gasteiger partial charge is 0.573 e. The Morgan fingerprint density at radius 1 is 1.03 bits per heavy atom. The molecule has 3 aromatic rings. The Labute approximate surface area is 183 Å². The number of hydrogen-bond donors (Lipinski definition) is 1. The summed E-state index contributed by atoms with van der Waals surface area (Å²) in [6.07, 6.45) is -2.43. The Balaban J connectivity index is 0.00000341. The van der Waals surface area contributed by atoms with Gasteiger partial charge in [0, 0.05) is 12.1 Å². The number of halogens is 5. The largest absolute Gasteiger partial charge is 0.619 e. The quantitative estimate of drug-likeness (QED) is 0.423. The Hall–Kier alpha value is -3.21. The van der Waals surface area contributed by atoms with E-state index in [1.165, 1.54) is 42.6 Å². The van der Waals surface area contributed by atoms with E-state index in [0.29, 0.717) is 4.73 Å². The third kappa shape index (κ3) is 6.64. The van der Waals surface area contributed by atoms with E-state index >= 15 is 0 Å². The van der Waals surface area contributed by atoms with Crippen molar-refractivity contribution in [2.75, 3.05) is 5.32 Å². The number of amides is 1. The molecule has 1 amide bonds. The Bertz CT molecular complexity index is 1080. The van der Waals surface area contributed by atoms with Crippen LogP contribution in [0.2, 0.25) is 10.0 Å². The van der Waals surface area contributed by atoms with Gasteiger partial charge in [-0.3, -0.25) is 4.79 Å². The average Bonchev–Trinajstić information content (AvgIpc) is 2.65. The second-order valence-electron chi connectivity index (χ2n) is 5.79. The van der Waals surface area contributed by atoms with Crippen LogP contribution in [0.5, 0.6) is 17.2 Å². The number of benzene rings is 2. The molecule has 31 heavy (non-hydrogen) atoms. The topological polar surface area (TPSA) is 106 Å². The van der Waals surface area contributed by atoms with Gasteiger partial charge in [0.1, 0.15) is 22.9 Å². The second-order valence-corrected chi connectivity index (χ2v) is 6.60. The van der Waals surface area contributed by atoms with Gasteiger partial charge in [-0.1, -0.05) is 23.2 Å². The maximum Gasteiger partial charge on any atom is 0.573 e. The second kappa shape index (κ2) is 9.73. The molecule has 0 aliphatic heterocycles. The zero-order valence-corrected chi connectivity index (χ0v) is 16.8. The minimum Gasteiger partial charge on any atom is -0.619 e. The van der Waals surface area contributed by atoms with Crippen molar-refractivity contribution >= 4 is 34.8 Å². The van der Waals surface area contributed by atoms with Gasteiger partial charge in [-0.2, -0.15) is 4.73 Å². The van der Waals surface area contributed by atoms with Crippen LogP contribution in [0.3, 0.4) is 0 Å². The first-order valence-electron chi connectivity index (χ1n) is 8.13. The minimum atomic E-state index is -4.82. The van der Waals surface area contributed by atoms with E-state index in [9.17, 15) is 23.2 Å². The fourth-order valence-electron chi connectivity index (χ4n) is 2.35. The zero-order valence-electron chi connectivity index (χ0n) is 15.2. The van der Waals surface area contributed by atoms with Gasteiger partial charge >= 0.3 is 6.36 Å². The summed E-state index contributed by atoms with van der Waals surface area (Å²) in [4.78, 5) is 12.7. The molecule has 3 N–H and O–H groups in total. The zero-order chi connectivity index (χ0) is 21.9. The van der Waals surface area contributed by atoms with E-state index in [0.717, 1.165) is 18.3 Å². The molecule has 0 saturated heterocycles. The minimum absolute atomic E-state index is 0. The molecule has 0 aliphatic carbocycles. The molecule has 0 bridgehead atoms. The fourth-order valence-corrected chi connectivity index (χ4v) is 2.67. The highest BCUT2D eigenvalue weighted by Gasteiger charge is 2.31. The van der Waals surface area contributed by atoms with E-state index < -0.39 is 18.0 Å². The van der Waals surface area contributed by atoms with Gasteiger partial charge in [0.05, 0.1) is 15.6 Å². The molecule has 7 nitrogen and oxygen atoms in total. The molecule has 1 aromatic heterocycles. The van der Waals surface area contributed by atoms with Gasteiger partial charge in [-0.25, -0.2) is 0 Å². The highest BCUT2D eigenvalue weighted by Crippen LogP contribution is 2.35. The summed E-state index contributed by atoms with van der Waals surface area (Å²) < 4.78 is 46.7.